The molecule has 0 radical (unpaired) electrons. The molecule has 0 aliphatic carbocycles. The molecule has 6 heteroatoms. The van der Waals surface area contributed by atoms with Crippen molar-refractivity contribution in [1.82, 2.24) is 4.90 Å². The van der Waals surface area contributed by atoms with Gasteiger partial charge in [0.25, 0.3) is 5.79 Å². The van der Waals surface area contributed by atoms with Crippen LogP contribution in [0.1, 0.15) is 38.7 Å². The van der Waals surface area contributed by atoms with Crippen LogP contribution in [0.3, 0.4) is 0 Å². The largest absolute Gasteiger partial charge is 0.419 e. The molecule has 2 heterocycles. The van der Waals surface area contributed by atoms with Gasteiger partial charge in [0.1, 0.15) is 0 Å². The van der Waals surface area contributed by atoms with Crippen LogP contribution in [0, 0.1) is 0 Å². The first-order valence-corrected chi connectivity index (χ1v) is 8.68. The Labute approximate surface area is 147 Å². The van der Waals surface area contributed by atoms with Gasteiger partial charge in [0.2, 0.25) is 0 Å². The van der Waals surface area contributed by atoms with Crippen molar-refractivity contribution >= 4 is 17.6 Å². The number of ether oxygens (including phenoxy) is 2. The van der Waals surface area contributed by atoms with Gasteiger partial charge in [-0.15, -0.1) is 0 Å². The van der Waals surface area contributed by atoms with Crippen molar-refractivity contribution in [2.45, 2.75) is 45.4 Å². The minimum atomic E-state index is -1.22. The minimum absolute atomic E-state index is 0.138. The zero-order valence-electron chi connectivity index (χ0n) is 14.7. The summed E-state index contributed by atoms with van der Waals surface area (Å²) >= 11 is 0. The molecule has 0 saturated carbocycles. The van der Waals surface area contributed by atoms with E-state index in [-0.39, 0.29) is 5.57 Å². The first-order chi connectivity index (χ1) is 11.9. The second-order valence-electron chi connectivity index (χ2n) is 6.92. The summed E-state index contributed by atoms with van der Waals surface area (Å²) in [5, 5.41) is 3.00. The van der Waals surface area contributed by atoms with E-state index in [0.717, 1.165) is 25.3 Å². The Morgan fingerprint density at radius 3 is 2.48 bits per heavy atom. The molecule has 25 heavy (non-hydrogen) atoms. The molecular weight excluding hydrogens is 320 g/mol. The highest BCUT2D eigenvalue weighted by molar-refractivity contribution is 6.15. The van der Waals surface area contributed by atoms with Crippen molar-refractivity contribution in [3.8, 4) is 0 Å². The molecule has 134 valence electrons. The third-order valence-corrected chi connectivity index (χ3v) is 4.28. The number of rotatable bonds is 4. The molecule has 0 spiro atoms. The van der Waals surface area contributed by atoms with Crippen molar-refractivity contribution in [2.75, 3.05) is 18.4 Å². The van der Waals surface area contributed by atoms with E-state index in [1.807, 2.05) is 18.2 Å². The van der Waals surface area contributed by atoms with Gasteiger partial charge in [-0.25, -0.2) is 9.59 Å². The maximum absolute atomic E-state index is 11.9. The molecule has 3 rings (SSSR count). The molecule has 2 saturated heterocycles. The molecule has 0 unspecified atom stereocenters. The number of nitrogens with one attached hydrogen (secondary N) is 1. The van der Waals surface area contributed by atoms with E-state index in [9.17, 15) is 9.59 Å². The second-order valence-corrected chi connectivity index (χ2v) is 6.92. The number of carbonyl (C=O) groups excluding carboxylic acids is 2. The molecule has 6 nitrogen and oxygen atoms in total. The Kier molecular flexibility index (Phi) is 5.08. The summed E-state index contributed by atoms with van der Waals surface area (Å²) in [5.74, 6) is -2.59. The summed E-state index contributed by atoms with van der Waals surface area (Å²) in [7, 11) is 0. The highest BCUT2D eigenvalue weighted by Crippen LogP contribution is 2.23. The molecule has 2 aliphatic heterocycles. The summed E-state index contributed by atoms with van der Waals surface area (Å²) in [6, 6.07) is 7.95. The molecule has 0 atom stereocenters. The smallest absolute Gasteiger partial charge is 0.350 e. The third-order valence-electron chi connectivity index (χ3n) is 4.28. The SMILES string of the molecule is CC1(C)OC(=O)C(=CNc2cccc(CN3CCCCC3)c2)C(=O)O1. The number of hydrogen-bond donors (Lipinski definition) is 1. The molecule has 0 aromatic heterocycles. The third kappa shape index (κ3) is 4.60. The van der Waals surface area contributed by atoms with Crippen LogP contribution in [0.5, 0.6) is 0 Å². The fourth-order valence-electron chi connectivity index (χ4n) is 3.07. The Hall–Kier alpha value is -2.34. The summed E-state index contributed by atoms with van der Waals surface area (Å²) in [5.41, 5.74) is 1.87. The Morgan fingerprint density at radius 1 is 1.12 bits per heavy atom. The number of carbonyl (C=O) groups is 2. The first kappa shape index (κ1) is 17.5. The number of likely N-dealkylation sites (tertiary alicyclic amines) is 1. The Balaban J connectivity index is 1.65. The van der Waals surface area contributed by atoms with Crippen molar-refractivity contribution in [2.24, 2.45) is 0 Å². The van der Waals surface area contributed by atoms with Crippen LogP contribution in [0.4, 0.5) is 5.69 Å². The fourth-order valence-corrected chi connectivity index (χ4v) is 3.07. The predicted octanol–water partition coefficient (Wildman–Crippen LogP) is 2.80. The van der Waals surface area contributed by atoms with Crippen LogP contribution in [-0.4, -0.2) is 35.7 Å². The van der Waals surface area contributed by atoms with Crippen molar-refractivity contribution < 1.29 is 19.1 Å². The normalized spacial score (nSPS) is 20.6. The highest BCUT2D eigenvalue weighted by atomic mass is 16.7. The lowest BCUT2D eigenvalue weighted by Gasteiger charge is -2.29. The Bertz CT molecular complexity index is 668. The van der Waals surface area contributed by atoms with Crippen molar-refractivity contribution in [1.29, 1.82) is 0 Å². The van der Waals surface area contributed by atoms with E-state index in [1.165, 1.54) is 44.9 Å². The van der Waals surface area contributed by atoms with Gasteiger partial charge in [0.15, 0.2) is 5.57 Å². The molecule has 0 bridgehead atoms. The predicted molar refractivity (Wildman–Crippen MR) is 93.5 cm³/mol. The van der Waals surface area contributed by atoms with Gasteiger partial charge in [-0.2, -0.15) is 0 Å². The van der Waals surface area contributed by atoms with Crippen LogP contribution < -0.4 is 5.32 Å². The zero-order chi connectivity index (χ0) is 17.9. The molecule has 1 aromatic carbocycles. The maximum Gasteiger partial charge on any atom is 0.350 e. The van der Waals surface area contributed by atoms with Gasteiger partial charge in [-0.3, -0.25) is 4.90 Å². The summed E-state index contributed by atoms with van der Waals surface area (Å²) in [4.78, 5) is 26.3. The van der Waals surface area contributed by atoms with E-state index in [1.54, 1.807) is 0 Å². The van der Waals surface area contributed by atoms with Gasteiger partial charge >= 0.3 is 11.9 Å². The van der Waals surface area contributed by atoms with Gasteiger partial charge in [-0.05, 0) is 43.6 Å². The number of cyclic esters (lactones) is 2. The lowest BCUT2D eigenvalue weighted by molar-refractivity contribution is -0.222. The first-order valence-electron chi connectivity index (χ1n) is 8.68. The van der Waals surface area contributed by atoms with Crippen LogP contribution in [0.2, 0.25) is 0 Å². The number of esters is 2. The maximum atomic E-state index is 11.9. The van der Waals surface area contributed by atoms with Crippen LogP contribution >= 0.6 is 0 Å². The molecule has 2 aliphatic rings. The van der Waals surface area contributed by atoms with Crippen molar-refractivity contribution in [3.05, 3.63) is 41.6 Å². The van der Waals surface area contributed by atoms with Crippen LogP contribution in [0.15, 0.2) is 36.0 Å². The van der Waals surface area contributed by atoms with E-state index in [4.69, 9.17) is 9.47 Å². The van der Waals surface area contributed by atoms with E-state index < -0.39 is 17.7 Å². The average molecular weight is 344 g/mol. The average Bonchev–Trinajstić information content (AvgIpc) is 2.54. The molecule has 2 fully saturated rings. The van der Waals surface area contributed by atoms with Crippen LogP contribution in [-0.2, 0) is 25.6 Å². The molecule has 1 N–H and O–H groups in total. The van der Waals surface area contributed by atoms with Gasteiger partial charge in [0, 0.05) is 32.3 Å². The van der Waals surface area contributed by atoms with Crippen molar-refractivity contribution in [3.63, 3.8) is 0 Å². The highest BCUT2D eigenvalue weighted by Gasteiger charge is 2.38. The number of anilines is 1. The van der Waals surface area contributed by atoms with E-state index >= 15 is 0 Å². The standard InChI is InChI=1S/C19H24N2O4/c1-19(2)24-17(22)16(18(23)25-19)12-20-15-8-6-7-14(11-15)13-21-9-4-3-5-10-21/h6-8,11-12,20H,3-5,9-10,13H2,1-2H3. The summed E-state index contributed by atoms with van der Waals surface area (Å²) < 4.78 is 10.1. The second kappa shape index (κ2) is 7.27. The molecule has 0 amide bonds. The van der Waals surface area contributed by atoms with Crippen LogP contribution in [0.25, 0.3) is 0 Å². The van der Waals surface area contributed by atoms with Gasteiger partial charge in [0.05, 0.1) is 0 Å². The topological polar surface area (TPSA) is 67.9 Å². The Morgan fingerprint density at radius 2 is 1.80 bits per heavy atom. The number of benzene rings is 1. The lowest BCUT2D eigenvalue weighted by Crippen LogP contribution is -2.42. The molecule has 1 aromatic rings. The summed E-state index contributed by atoms with van der Waals surface area (Å²) in [6.45, 7) is 6.23. The number of hydrogen-bond acceptors (Lipinski definition) is 6. The lowest BCUT2D eigenvalue weighted by atomic mass is 10.1. The van der Waals surface area contributed by atoms with E-state index in [2.05, 4.69) is 16.3 Å². The zero-order valence-corrected chi connectivity index (χ0v) is 14.7. The number of nitrogens with zero attached hydrogens (tertiary/aromatic N) is 1. The minimum Gasteiger partial charge on any atom is -0.419 e. The fraction of sp³-hybridized carbons (Fsp3) is 0.474. The number of piperidine rings is 1. The van der Waals surface area contributed by atoms with Gasteiger partial charge in [-0.1, -0.05) is 18.6 Å². The van der Waals surface area contributed by atoms with Gasteiger partial charge < -0.3 is 14.8 Å². The van der Waals surface area contributed by atoms with E-state index in [0.29, 0.717) is 0 Å². The summed E-state index contributed by atoms with van der Waals surface area (Å²) in [6.07, 6.45) is 5.17. The monoisotopic (exact) mass is 344 g/mol. The molecular formula is C19H24N2O4. The quantitative estimate of drug-likeness (QED) is 0.515.